The van der Waals surface area contributed by atoms with Crippen molar-refractivity contribution in [3.63, 3.8) is 0 Å². The lowest BCUT2D eigenvalue weighted by atomic mass is 9.77. The molecule has 1 atom stereocenters. The molecule has 112 valence electrons. The number of ketones is 1. The lowest BCUT2D eigenvalue weighted by Crippen LogP contribution is -2.46. The highest BCUT2D eigenvalue weighted by Gasteiger charge is 2.48. The highest BCUT2D eigenvalue weighted by molar-refractivity contribution is 6.36. The first-order valence-corrected chi connectivity index (χ1v) is 6.82. The van der Waals surface area contributed by atoms with Crippen LogP contribution in [0.4, 0.5) is 0 Å². The first-order chi connectivity index (χ1) is 9.77. The summed E-state index contributed by atoms with van der Waals surface area (Å²) in [5, 5.41) is 0. The standard InChI is InChI=1S/C16H18O5/c1-5-20-15(19)13(17)12-11-8-9(2)6-7-10(11)14(18)21-16(12,3)4/h6-8,12H,5H2,1-4H3. The minimum Gasteiger partial charge on any atom is -0.460 e. The quantitative estimate of drug-likeness (QED) is 0.630. The largest absolute Gasteiger partial charge is 0.460 e. The van der Waals surface area contributed by atoms with Crippen LogP contribution in [0.1, 0.15) is 48.2 Å². The number of Topliss-reactive ketones (excluding diaryl/α,β-unsaturated/α-hetero) is 1. The van der Waals surface area contributed by atoms with Crippen LogP contribution in [0.3, 0.4) is 0 Å². The number of carbonyl (C=O) groups excluding carboxylic acids is 3. The van der Waals surface area contributed by atoms with Gasteiger partial charge in [0.25, 0.3) is 5.78 Å². The Morgan fingerprint density at radius 2 is 2.00 bits per heavy atom. The summed E-state index contributed by atoms with van der Waals surface area (Å²) in [4.78, 5) is 36.2. The van der Waals surface area contributed by atoms with E-state index in [1.165, 1.54) is 0 Å². The molecule has 21 heavy (non-hydrogen) atoms. The van der Waals surface area contributed by atoms with Gasteiger partial charge in [-0.1, -0.05) is 17.7 Å². The molecule has 0 N–H and O–H groups in total. The highest BCUT2D eigenvalue weighted by Crippen LogP contribution is 2.39. The predicted molar refractivity (Wildman–Crippen MR) is 75.1 cm³/mol. The van der Waals surface area contributed by atoms with E-state index in [9.17, 15) is 14.4 Å². The molecule has 0 fully saturated rings. The van der Waals surface area contributed by atoms with E-state index in [0.717, 1.165) is 5.56 Å². The summed E-state index contributed by atoms with van der Waals surface area (Å²) in [6.45, 7) is 6.86. The van der Waals surface area contributed by atoms with E-state index in [0.29, 0.717) is 11.1 Å². The number of carbonyl (C=O) groups is 3. The number of esters is 2. The summed E-state index contributed by atoms with van der Waals surface area (Å²) in [5.41, 5.74) is 0.652. The van der Waals surface area contributed by atoms with E-state index in [1.807, 2.05) is 6.92 Å². The van der Waals surface area contributed by atoms with E-state index in [-0.39, 0.29) is 6.61 Å². The zero-order valence-corrected chi connectivity index (χ0v) is 12.6. The summed E-state index contributed by atoms with van der Waals surface area (Å²) in [7, 11) is 0. The smallest absolute Gasteiger partial charge is 0.375 e. The SMILES string of the molecule is CCOC(=O)C(=O)C1c2cc(C)ccc2C(=O)OC1(C)C. The number of hydrogen-bond acceptors (Lipinski definition) is 5. The summed E-state index contributed by atoms with van der Waals surface area (Å²) in [6.07, 6.45) is 0. The molecule has 1 aliphatic heterocycles. The van der Waals surface area contributed by atoms with Crippen LogP contribution in [-0.2, 0) is 19.1 Å². The molecule has 0 radical (unpaired) electrons. The zero-order chi connectivity index (χ0) is 15.8. The van der Waals surface area contributed by atoms with Gasteiger partial charge in [0.15, 0.2) is 0 Å². The lowest BCUT2D eigenvalue weighted by molar-refractivity contribution is -0.157. The number of ether oxygens (including phenoxy) is 2. The molecule has 0 saturated heterocycles. The van der Waals surface area contributed by atoms with Crippen molar-refractivity contribution in [3.05, 3.63) is 34.9 Å². The summed E-state index contributed by atoms with van der Waals surface area (Å²) < 4.78 is 10.1. The molecule has 0 bridgehead atoms. The average Bonchev–Trinajstić information content (AvgIpc) is 2.37. The first kappa shape index (κ1) is 15.2. The molecule has 0 saturated carbocycles. The van der Waals surface area contributed by atoms with Gasteiger partial charge in [-0.3, -0.25) is 4.79 Å². The van der Waals surface area contributed by atoms with E-state index >= 15 is 0 Å². The normalized spacial score (nSPS) is 19.4. The maximum atomic E-state index is 12.4. The third-order valence-electron chi connectivity index (χ3n) is 3.53. The van der Waals surface area contributed by atoms with Crippen molar-refractivity contribution in [1.29, 1.82) is 0 Å². The molecule has 1 unspecified atom stereocenters. The van der Waals surface area contributed by atoms with Crippen LogP contribution in [0, 0.1) is 6.92 Å². The monoisotopic (exact) mass is 290 g/mol. The zero-order valence-electron chi connectivity index (χ0n) is 12.6. The van der Waals surface area contributed by atoms with Gasteiger partial charge in [-0.05, 0) is 39.3 Å². The maximum absolute atomic E-state index is 12.4. The molecule has 1 aromatic carbocycles. The second kappa shape index (κ2) is 5.31. The molecular weight excluding hydrogens is 272 g/mol. The van der Waals surface area contributed by atoms with Crippen molar-refractivity contribution in [3.8, 4) is 0 Å². The second-order valence-electron chi connectivity index (χ2n) is 5.60. The molecule has 5 nitrogen and oxygen atoms in total. The average molecular weight is 290 g/mol. The van der Waals surface area contributed by atoms with Crippen molar-refractivity contribution in [2.24, 2.45) is 0 Å². The van der Waals surface area contributed by atoms with Crippen LogP contribution < -0.4 is 0 Å². The minimum atomic E-state index is -1.10. The Morgan fingerprint density at radius 1 is 1.33 bits per heavy atom. The van der Waals surface area contributed by atoms with Gasteiger partial charge in [-0.25, -0.2) is 9.59 Å². The van der Waals surface area contributed by atoms with E-state index < -0.39 is 29.2 Å². The molecule has 1 heterocycles. The van der Waals surface area contributed by atoms with Gasteiger partial charge < -0.3 is 9.47 Å². The summed E-state index contributed by atoms with van der Waals surface area (Å²) in [5.74, 6) is -2.94. The molecule has 1 aliphatic rings. The number of benzene rings is 1. The molecule has 0 spiro atoms. The van der Waals surface area contributed by atoms with Crippen molar-refractivity contribution < 1.29 is 23.9 Å². The van der Waals surface area contributed by atoms with Crippen LogP contribution in [0.2, 0.25) is 0 Å². The fourth-order valence-corrected chi connectivity index (χ4v) is 2.61. The third-order valence-corrected chi connectivity index (χ3v) is 3.53. The molecule has 0 aliphatic carbocycles. The Labute approximate surface area is 123 Å². The molecule has 2 rings (SSSR count). The van der Waals surface area contributed by atoms with Gasteiger partial charge in [-0.2, -0.15) is 0 Å². The topological polar surface area (TPSA) is 69.7 Å². The van der Waals surface area contributed by atoms with Gasteiger partial charge in [0.2, 0.25) is 0 Å². The molecule has 0 amide bonds. The maximum Gasteiger partial charge on any atom is 0.375 e. The van der Waals surface area contributed by atoms with E-state index in [1.54, 1.807) is 39.0 Å². The Hall–Kier alpha value is -2.17. The van der Waals surface area contributed by atoms with Crippen molar-refractivity contribution in [2.45, 2.75) is 39.2 Å². The first-order valence-electron chi connectivity index (χ1n) is 6.82. The molecule has 5 heteroatoms. The fraction of sp³-hybridized carbons (Fsp3) is 0.438. The van der Waals surface area contributed by atoms with Gasteiger partial charge >= 0.3 is 11.9 Å². The van der Waals surface area contributed by atoms with Gasteiger partial charge in [0.1, 0.15) is 5.60 Å². The Bertz CT molecular complexity index is 615. The number of rotatable bonds is 3. The van der Waals surface area contributed by atoms with Crippen LogP contribution in [0.5, 0.6) is 0 Å². The fourth-order valence-electron chi connectivity index (χ4n) is 2.61. The van der Waals surface area contributed by atoms with Crippen molar-refractivity contribution in [1.82, 2.24) is 0 Å². The van der Waals surface area contributed by atoms with Crippen molar-refractivity contribution in [2.75, 3.05) is 6.61 Å². The Morgan fingerprint density at radius 3 is 2.62 bits per heavy atom. The Balaban J connectivity index is 2.55. The van der Waals surface area contributed by atoms with E-state index in [4.69, 9.17) is 9.47 Å². The summed E-state index contributed by atoms with van der Waals surface area (Å²) in [6, 6.07) is 5.14. The minimum absolute atomic E-state index is 0.123. The van der Waals surface area contributed by atoms with E-state index in [2.05, 4.69) is 0 Å². The third kappa shape index (κ3) is 2.68. The number of aryl methyl sites for hydroxylation is 1. The lowest BCUT2D eigenvalue weighted by Gasteiger charge is -2.37. The summed E-state index contributed by atoms with van der Waals surface area (Å²) >= 11 is 0. The number of fused-ring (bicyclic) bond motifs is 1. The van der Waals surface area contributed by atoms with Crippen molar-refractivity contribution >= 4 is 17.7 Å². The molecular formula is C16H18O5. The highest BCUT2D eigenvalue weighted by atomic mass is 16.6. The van der Waals surface area contributed by atoms with Crippen LogP contribution in [0.15, 0.2) is 18.2 Å². The van der Waals surface area contributed by atoms with Crippen LogP contribution >= 0.6 is 0 Å². The second-order valence-corrected chi connectivity index (χ2v) is 5.60. The number of hydrogen-bond donors (Lipinski definition) is 0. The van der Waals surface area contributed by atoms with Gasteiger partial charge in [-0.15, -0.1) is 0 Å². The van der Waals surface area contributed by atoms with Crippen LogP contribution in [-0.4, -0.2) is 29.9 Å². The molecule has 0 aromatic heterocycles. The Kier molecular flexibility index (Phi) is 3.85. The van der Waals surface area contributed by atoms with Crippen LogP contribution in [0.25, 0.3) is 0 Å². The van der Waals surface area contributed by atoms with Gasteiger partial charge in [0.05, 0.1) is 18.1 Å². The number of cyclic esters (lactones) is 1. The van der Waals surface area contributed by atoms with Gasteiger partial charge in [0, 0.05) is 0 Å². The predicted octanol–water partition coefficient (Wildman–Crippen LogP) is 2.16. The molecule has 1 aromatic rings.